The van der Waals surface area contributed by atoms with E-state index in [0.717, 1.165) is 0 Å². The van der Waals surface area contributed by atoms with E-state index in [1.54, 1.807) is 0 Å². The molecule has 0 bridgehead atoms. The van der Waals surface area contributed by atoms with Gasteiger partial charge in [0.2, 0.25) is 0 Å². The molecule has 1 heterocycles. The molecule has 21 heavy (non-hydrogen) atoms. The van der Waals surface area contributed by atoms with E-state index in [1.165, 1.54) is 43.5 Å². The fourth-order valence-electron chi connectivity index (χ4n) is 3.33. The second-order valence-corrected chi connectivity index (χ2v) is 7.27. The molecule has 118 valence electrons. The Bertz CT molecular complexity index is 427. The smallest absolute Gasteiger partial charge is 0.0470 e. The normalized spacial score (nSPS) is 20.7. The topological polar surface area (TPSA) is 29.3 Å². The van der Waals surface area contributed by atoms with Crippen molar-refractivity contribution in [1.29, 1.82) is 0 Å². The number of likely N-dealkylation sites (tertiary alicyclic amines) is 1. The van der Waals surface area contributed by atoms with Gasteiger partial charge in [0, 0.05) is 12.6 Å². The van der Waals surface area contributed by atoms with E-state index < -0.39 is 0 Å². The maximum absolute atomic E-state index is 6.09. The third-order valence-electron chi connectivity index (χ3n) is 5.51. The van der Waals surface area contributed by atoms with Crippen LogP contribution in [0.5, 0.6) is 0 Å². The summed E-state index contributed by atoms with van der Waals surface area (Å²) in [5.41, 5.74) is 9.42. The zero-order valence-electron chi connectivity index (χ0n) is 14.2. The van der Waals surface area contributed by atoms with Gasteiger partial charge >= 0.3 is 0 Å². The quantitative estimate of drug-likeness (QED) is 0.874. The van der Waals surface area contributed by atoms with Crippen LogP contribution in [0.2, 0.25) is 0 Å². The highest BCUT2D eigenvalue weighted by atomic mass is 15.2. The Labute approximate surface area is 130 Å². The van der Waals surface area contributed by atoms with Crippen molar-refractivity contribution in [3.63, 3.8) is 0 Å². The first-order chi connectivity index (χ1) is 9.99. The Morgan fingerprint density at radius 3 is 2.05 bits per heavy atom. The monoisotopic (exact) mass is 288 g/mol. The molecule has 1 fully saturated rings. The van der Waals surface area contributed by atoms with Crippen molar-refractivity contribution < 1.29 is 0 Å². The summed E-state index contributed by atoms with van der Waals surface area (Å²) in [4.78, 5) is 2.59. The molecule has 1 aliphatic rings. The Balaban J connectivity index is 2.06. The van der Waals surface area contributed by atoms with Crippen molar-refractivity contribution in [3.8, 4) is 0 Å². The van der Waals surface area contributed by atoms with E-state index in [-0.39, 0.29) is 0 Å². The molecule has 0 amide bonds. The number of benzene rings is 1. The zero-order chi connectivity index (χ0) is 15.5. The lowest BCUT2D eigenvalue weighted by molar-refractivity contribution is 0.0829. The molecule has 0 aromatic heterocycles. The Morgan fingerprint density at radius 1 is 1.10 bits per heavy atom. The molecule has 0 aliphatic carbocycles. The van der Waals surface area contributed by atoms with Gasteiger partial charge in [-0.05, 0) is 48.4 Å². The first-order valence-electron chi connectivity index (χ1n) is 8.53. The van der Waals surface area contributed by atoms with Crippen LogP contribution in [-0.2, 0) is 0 Å². The van der Waals surface area contributed by atoms with E-state index in [0.29, 0.717) is 23.9 Å². The second kappa shape index (κ2) is 6.93. The van der Waals surface area contributed by atoms with Crippen LogP contribution < -0.4 is 5.73 Å². The third-order valence-corrected chi connectivity index (χ3v) is 5.51. The molecule has 1 atom stereocenters. The second-order valence-electron chi connectivity index (χ2n) is 7.27. The zero-order valence-corrected chi connectivity index (χ0v) is 14.2. The van der Waals surface area contributed by atoms with Crippen LogP contribution in [0.25, 0.3) is 0 Å². The van der Waals surface area contributed by atoms with Crippen molar-refractivity contribution in [2.45, 2.75) is 58.9 Å². The molecule has 1 saturated heterocycles. The van der Waals surface area contributed by atoms with Gasteiger partial charge in [0.1, 0.15) is 0 Å². The lowest BCUT2D eigenvalue weighted by Gasteiger charge is -2.42. The summed E-state index contributed by atoms with van der Waals surface area (Å²) in [7, 11) is 0. The van der Waals surface area contributed by atoms with E-state index in [4.69, 9.17) is 5.73 Å². The summed E-state index contributed by atoms with van der Waals surface area (Å²) < 4.78 is 0. The lowest BCUT2D eigenvalue weighted by Crippen LogP contribution is -2.42. The molecular formula is C19H32N2. The molecule has 0 spiro atoms. The minimum absolute atomic E-state index is 0.382. The minimum atomic E-state index is 0.382. The van der Waals surface area contributed by atoms with Crippen LogP contribution in [0.3, 0.4) is 0 Å². The molecule has 1 unspecified atom stereocenters. The van der Waals surface area contributed by atoms with E-state index in [9.17, 15) is 0 Å². The number of nitrogens with two attached hydrogens (primary N) is 1. The standard InChI is InChI=1S/C19H32N2/c1-5-19(4)10-12-21(13-11-19)18(14-20)17-8-6-16(7-9-17)15(2)3/h6-9,15,18H,5,10-14,20H2,1-4H3. The highest BCUT2D eigenvalue weighted by Gasteiger charge is 2.31. The summed E-state index contributed by atoms with van der Waals surface area (Å²) >= 11 is 0. The van der Waals surface area contributed by atoms with Gasteiger partial charge in [0.25, 0.3) is 0 Å². The average molecular weight is 288 g/mol. The van der Waals surface area contributed by atoms with Crippen LogP contribution in [-0.4, -0.2) is 24.5 Å². The molecule has 0 radical (unpaired) electrons. The Hall–Kier alpha value is -0.860. The summed E-state index contributed by atoms with van der Waals surface area (Å²) in [5, 5.41) is 0. The molecular weight excluding hydrogens is 256 g/mol. The van der Waals surface area contributed by atoms with Crippen molar-refractivity contribution in [1.82, 2.24) is 4.90 Å². The Kier molecular flexibility index (Phi) is 5.45. The van der Waals surface area contributed by atoms with E-state index in [1.807, 2.05) is 0 Å². The molecule has 1 aliphatic heterocycles. The van der Waals surface area contributed by atoms with Gasteiger partial charge in [0.05, 0.1) is 0 Å². The van der Waals surface area contributed by atoms with Gasteiger partial charge in [-0.2, -0.15) is 0 Å². The van der Waals surface area contributed by atoms with E-state index in [2.05, 4.69) is 56.9 Å². The molecule has 2 nitrogen and oxygen atoms in total. The largest absolute Gasteiger partial charge is 0.329 e. The van der Waals surface area contributed by atoms with Crippen LogP contribution >= 0.6 is 0 Å². The fourth-order valence-corrected chi connectivity index (χ4v) is 3.33. The first-order valence-corrected chi connectivity index (χ1v) is 8.53. The van der Waals surface area contributed by atoms with E-state index >= 15 is 0 Å². The number of rotatable bonds is 5. The maximum Gasteiger partial charge on any atom is 0.0470 e. The number of hydrogen-bond donors (Lipinski definition) is 1. The van der Waals surface area contributed by atoms with Gasteiger partial charge in [-0.3, -0.25) is 4.90 Å². The molecule has 2 rings (SSSR count). The van der Waals surface area contributed by atoms with Crippen molar-refractivity contribution in [2.75, 3.05) is 19.6 Å². The lowest BCUT2D eigenvalue weighted by atomic mass is 9.77. The van der Waals surface area contributed by atoms with Gasteiger partial charge in [-0.15, -0.1) is 0 Å². The SMILES string of the molecule is CCC1(C)CCN(C(CN)c2ccc(C(C)C)cc2)CC1. The number of piperidine rings is 1. The van der Waals surface area contributed by atoms with Gasteiger partial charge in [0.15, 0.2) is 0 Å². The van der Waals surface area contributed by atoms with Gasteiger partial charge in [-0.1, -0.05) is 58.4 Å². The molecule has 2 N–H and O–H groups in total. The van der Waals surface area contributed by atoms with Crippen LogP contribution in [0.1, 0.15) is 70.0 Å². The molecule has 2 heteroatoms. The summed E-state index contributed by atoms with van der Waals surface area (Å²) in [6.07, 6.45) is 3.88. The maximum atomic E-state index is 6.09. The predicted octanol–water partition coefficient (Wildman–Crippen LogP) is 4.32. The highest BCUT2D eigenvalue weighted by Crippen LogP contribution is 2.36. The predicted molar refractivity (Wildman–Crippen MR) is 91.5 cm³/mol. The van der Waals surface area contributed by atoms with Crippen molar-refractivity contribution in [2.24, 2.45) is 11.1 Å². The Morgan fingerprint density at radius 2 is 1.62 bits per heavy atom. The van der Waals surface area contributed by atoms with Crippen LogP contribution in [0.15, 0.2) is 24.3 Å². The fraction of sp³-hybridized carbons (Fsp3) is 0.684. The van der Waals surface area contributed by atoms with Crippen LogP contribution in [0, 0.1) is 5.41 Å². The number of nitrogens with zero attached hydrogens (tertiary/aromatic N) is 1. The highest BCUT2D eigenvalue weighted by molar-refractivity contribution is 5.27. The third kappa shape index (κ3) is 3.87. The first kappa shape index (κ1) is 16.5. The summed E-state index contributed by atoms with van der Waals surface area (Å²) in [6.45, 7) is 12.3. The average Bonchev–Trinajstić information content (AvgIpc) is 2.50. The summed E-state index contributed by atoms with van der Waals surface area (Å²) in [5.74, 6) is 0.593. The van der Waals surface area contributed by atoms with Crippen molar-refractivity contribution in [3.05, 3.63) is 35.4 Å². The molecule has 1 aromatic rings. The van der Waals surface area contributed by atoms with Gasteiger partial charge in [-0.25, -0.2) is 0 Å². The van der Waals surface area contributed by atoms with Gasteiger partial charge < -0.3 is 5.73 Å². The minimum Gasteiger partial charge on any atom is -0.329 e. The van der Waals surface area contributed by atoms with Crippen molar-refractivity contribution >= 4 is 0 Å². The number of hydrogen-bond acceptors (Lipinski definition) is 2. The summed E-state index contributed by atoms with van der Waals surface area (Å²) in [6, 6.07) is 9.47. The molecule has 1 aromatic carbocycles. The van der Waals surface area contributed by atoms with Crippen LogP contribution in [0.4, 0.5) is 0 Å². The molecule has 0 saturated carbocycles.